The Morgan fingerprint density at radius 2 is 2.00 bits per heavy atom. The fourth-order valence-electron chi connectivity index (χ4n) is 2.59. The summed E-state index contributed by atoms with van der Waals surface area (Å²) in [4.78, 5) is 25.9. The van der Waals surface area contributed by atoms with E-state index in [0.717, 1.165) is 12.8 Å². The fraction of sp³-hybridized carbons (Fsp3) is 0.667. The molecule has 1 aromatic rings. The second-order valence-electron chi connectivity index (χ2n) is 5.22. The molecule has 0 aromatic carbocycles. The van der Waals surface area contributed by atoms with Gasteiger partial charge >= 0.3 is 5.69 Å². The van der Waals surface area contributed by atoms with E-state index >= 15 is 0 Å². The molecule has 0 bridgehead atoms. The predicted molar refractivity (Wildman–Crippen MR) is 67.5 cm³/mol. The Morgan fingerprint density at radius 3 is 2.59 bits per heavy atom. The Hall–Kier alpha value is -1.03. The number of aromatic amines is 1. The Morgan fingerprint density at radius 1 is 1.35 bits per heavy atom. The zero-order chi connectivity index (χ0) is 12.5. The van der Waals surface area contributed by atoms with Gasteiger partial charge in [-0.1, -0.05) is 37.8 Å². The zero-order valence-corrected chi connectivity index (χ0v) is 10.7. The van der Waals surface area contributed by atoms with Crippen LogP contribution in [0.1, 0.15) is 39.0 Å². The molecule has 1 fully saturated rings. The third-order valence-corrected chi connectivity index (χ3v) is 3.79. The number of hydrogen-bond acceptors (Lipinski definition) is 2. The van der Waals surface area contributed by atoms with E-state index in [9.17, 15) is 9.59 Å². The van der Waals surface area contributed by atoms with Crippen LogP contribution in [-0.4, -0.2) is 9.55 Å². The lowest BCUT2D eigenvalue weighted by molar-refractivity contribution is 0.178. The van der Waals surface area contributed by atoms with Gasteiger partial charge in [-0.05, 0) is 18.3 Å². The summed E-state index contributed by atoms with van der Waals surface area (Å²) in [5.74, 6) is 0. The van der Waals surface area contributed by atoms with E-state index in [4.69, 9.17) is 11.6 Å². The van der Waals surface area contributed by atoms with Crippen molar-refractivity contribution in [1.29, 1.82) is 0 Å². The smallest absolute Gasteiger partial charge is 0.298 e. The lowest BCUT2D eigenvalue weighted by Crippen LogP contribution is -2.40. The van der Waals surface area contributed by atoms with E-state index in [0.29, 0.717) is 6.54 Å². The molecule has 1 aromatic heterocycles. The highest BCUT2D eigenvalue weighted by molar-refractivity contribution is 6.29. The quantitative estimate of drug-likeness (QED) is 0.825. The zero-order valence-electron chi connectivity index (χ0n) is 9.96. The summed E-state index contributed by atoms with van der Waals surface area (Å²) in [6.45, 7) is 2.63. The molecule has 2 rings (SSSR count). The van der Waals surface area contributed by atoms with Crippen molar-refractivity contribution >= 4 is 11.6 Å². The van der Waals surface area contributed by atoms with Crippen molar-refractivity contribution < 1.29 is 0 Å². The summed E-state index contributed by atoms with van der Waals surface area (Å²) in [7, 11) is 0. The molecule has 0 radical (unpaired) electrons. The van der Waals surface area contributed by atoms with Gasteiger partial charge in [0.1, 0.15) is 5.15 Å². The number of hydrogen-bond donors (Lipinski definition) is 1. The van der Waals surface area contributed by atoms with Gasteiger partial charge in [-0.25, -0.2) is 4.79 Å². The molecule has 94 valence electrons. The molecule has 5 heteroatoms. The molecule has 1 aliphatic rings. The lowest BCUT2D eigenvalue weighted by Gasteiger charge is -2.33. The summed E-state index contributed by atoms with van der Waals surface area (Å²) in [5, 5.41) is 0.102. The second kappa shape index (κ2) is 4.69. The highest BCUT2D eigenvalue weighted by Gasteiger charge is 2.28. The van der Waals surface area contributed by atoms with Crippen molar-refractivity contribution in [2.45, 2.75) is 45.6 Å². The molecule has 0 unspecified atom stereocenters. The van der Waals surface area contributed by atoms with E-state index in [1.165, 1.54) is 29.9 Å². The highest BCUT2D eigenvalue weighted by atomic mass is 35.5. The average molecular weight is 257 g/mol. The summed E-state index contributed by atoms with van der Waals surface area (Å²) in [5.41, 5.74) is -0.664. The van der Waals surface area contributed by atoms with Gasteiger partial charge in [0.15, 0.2) is 0 Å². The fourth-order valence-corrected chi connectivity index (χ4v) is 2.76. The van der Waals surface area contributed by atoms with E-state index in [2.05, 4.69) is 11.9 Å². The van der Waals surface area contributed by atoms with Crippen molar-refractivity contribution in [2.75, 3.05) is 0 Å². The standard InChI is InChI=1S/C12H17ClN2O2/c1-12(5-3-2-4-6-12)8-15-10(16)7-9(13)14-11(15)17/h7H,2-6,8H2,1H3,(H,14,17). The molecule has 0 saturated heterocycles. The first-order chi connectivity index (χ1) is 8.00. The summed E-state index contributed by atoms with van der Waals surface area (Å²) in [6, 6.07) is 1.26. The van der Waals surface area contributed by atoms with Crippen molar-refractivity contribution in [3.05, 3.63) is 32.1 Å². The molecule has 0 amide bonds. The summed E-state index contributed by atoms with van der Waals surface area (Å²) >= 11 is 5.63. The Kier molecular flexibility index (Phi) is 3.43. The Bertz CT molecular complexity index is 481. The molecule has 17 heavy (non-hydrogen) atoms. The normalized spacial score (nSPS) is 19.2. The third-order valence-electron chi connectivity index (χ3n) is 3.59. The number of aromatic nitrogens is 2. The van der Waals surface area contributed by atoms with Gasteiger partial charge in [-0.2, -0.15) is 0 Å². The highest BCUT2D eigenvalue weighted by Crippen LogP contribution is 2.36. The van der Waals surface area contributed by atoms with E-state index in [-0.39, 0.29) is 16.1 Å². The lowest BCUT2D eigenvalue weighted by atomic mass is 9.75. The number of nitrogens with one attached hydrogen (secondary N) is 1. The SMILES string of the molecule is CC1(Cn2c(=O)cc(Cl)[nH]c2=O)CCCCC1. The van der Waals surface area contributed by atoms with Gasteiger partial charge in [0.05, 0.1) is 0 Å². The van der Waals surface area contributed by atoms with Crippen molar-refractivity contribution in [3.63, 3.8) is 0 Å². The van der Waals surface area contributed by atoms with Crippen LogP contribution >= 0.6 is 11.6 Å². The first-order valence-corrected chi connectivity index (χ1v) is 6.38. The number of nitrogens with zero attached hydrogens (tertiary/aromatic N) is 1. The minimum absolute atomic E-state index is 0.0584. The van der Waals surface area contributed by atoms with Crippen LogP contribution in [0.5, 0.6) is 0 Å². The Balaban J connectivity index is 2.30. The topological polar surface area (TPSA) is 54.9 Å². The maximum atomic E-state index is 11.7. The number of halogens is 1. The predicted octanol–water partition coefficient (Wildman–Crippen LogP) is 2.16. The molecule has 1 N–H and O–H groups in total. The van der Waals surface area contributed by atoms with E-state index in [1.54, 1.807) is 0 Å². The van der Waals surface area contributed by atoms with Crippen molar-refractivity contribution in [2.24, 2.45) is 5.41 Å². The van der Waals surface area contributed by atoms with Crippen LogP contribution in [0.25, 0.3) is 0 Å². The first-order valence-electron chi connectivity index (χ1n) is 6.00. The van der Waals surface area contributed by atoms with Gasteiger partial charge in [0.25, 0.3) is 5.56 Å². The largest absolute Gasteiger partial charge is 0.329 e. The maximum Gasteiger partial charge on any atom is 0.329 e. The first kappa shape index (κ1) is 12.4. The summed E-state index contributed by atoms with van der Waals surface area (Å²) < 4.78 is 1.26. The molecule has 4 nitrogen and oxygen atoms in total. The van der Waals surface area contributed by atoms with Crippen LogP contribution < -0.4 is 11.2 Å². The van der Waals surface area contributed by atoms with Crippen molar-refractivity contribution in [1.82, 2.24) is 9.55 Å². The minimum atomic E-state index is -0.408. The molecule has 1 aliphatic carbocycles. The van der Waals surface area contributed by atoms with Crippen LogP contribution in [0, 0.1) is 5.41 Å². The molecular formula is C12H17ClN2O2. The van der Waals surface area contributed by atoms with Gasteiger partial charge < -0.3 is 0 Å². The third kappa shape index (κ3) is 2.80. The second-order valence-corrected chi connectivity index (χ2v) is 5.63. The van der Waals surface area contributed by atoms with Crippen LogP contribution in [0.3, 0.4) is 0 Å². The molecule has 1 heterocycles. The minimum Gasteiger partial charge on any atom is -0.298 e. The van der Waals surface area contributed by atoms with Crippen LogP contribution in [0.15, 0.2) is 15.7 Å². The van der Waals surface area contributed by atoms with Gasteiger partial charge in [-0.15, -0.1) is 0 Å². The Labute approximate surface area is 105 Å². The van der Waals surface area contributed by atoms with Crippen LogP contribution in [-0.2, 0) is 6.54 Å². The average Bonchev–Trinajstić information content (AvgIpc) is 2.24. The number of H-pyrrole nitrogens is 1. The van der Waals surface area contributed by atoms with Gasteiger partial charge in [0.2, 0.25) is 0 Å². The van der Waals surface area contributed by atoms with Gasteiger partial charge in [0, 0.05) is 12.6 Å². The summed E-state index contributed by atoms with van der Waals surface area (Å²) in [6.07, 6.45) is 5.75. The molecular weight excluding hydrogens is 240 g/mol. The van der Waals surface area contributed by atoms with Crippen molar-refractivity contribution in [3.8, 4) is 0 Å². The molecule has 0 atom stereocenters. The van der Waals surface area contributed by atoms with Crippen LogP contribution in [0.2, 0.25) is 5.15 Å². The molecule has 0 spiro atoms. The van der Waals surface area contributed by atoms with Gasteiger partial charge in [-0.3, -0.25) is 14.3 Å². The van der Waals surface area contributed by atoms with E-state index < -0.39 is 5.69 Å². The van der Waals surface area contributed by atoms with Crippen LogP contribution in [0.4, 0.5) is 0 Å². The molecule has 1 saturated carbocycles. The number of rotatable bonds is 2. The maximum absolute atomic E-state index is 11.7. The monoisotopic (exact) mass is 256 g/mol. The van der Waals surface area contributed by atoms with E-state index in [1.807, 2.05) is 0 Å². The molecule has 0 aliphatic heterocycles.